The maximum atomic E-state index is 14.1. The van der Waals surface area contributed by atoms with Crippen LogP contribution in [0.1, 0.15) is 50.8 Å². The molecule has 0 saturated heterocycles. The Morgan fingerprint density at radius 2 is 1.84 bits per heavy atom. The molecule has 0 spiro atoms. The van der Waals surface area contributed by atoms with Crippen LogP contribution in [-0.4, -0.2) is 34.0 Å². The number of nitrogens with one attached hydrogen (secondary N) is 1. The normalized spacial score (nSPS) is 12.3. The number of hydrogen-bond donors (Lipinski definition) is 1. The molecule has 4 nitrogen and oxygen atoms in total. The number of aryl methyl sites for hydroxylation is 1. The third-order valence-corrected chi connectivity index (χ3v) is 6.32. The molecular formula is C25H32ClFN2O2S. The SMILES string of the molecule is CCC(C(=O)NC(C)(C)C)N(Cc1ccccc1C)C(=O)CSCc1c(F)cccc1Cl. The standard InChI is InChI=1S/C25H32ClFN2O2S/c1-6-22(24(31)28-25(3,4)5)29(14-18-11-8-7-10-17(18)2)23(30)16-32-15-19-20(26)12-9-13-21(19)27/h7-13,22H,6,14-16H2,1-5H3,(H,28,31). The highest BCUT2D eigenvalue weighted by Gasteiger charge is 2.30. The first-order chi connectivity index (χ1) is 15.0. The molecular weight excluding hydrogens is 447 g/mol. The molecule has 1 atom stereocenters. The van der Waals surface area contributed by atoms with Gasteiger partial charge in [-0.15, -0.1) is 11.8 Å². The van der Waals surface area contributed by atoms with Crippen LogP contribution in [0.4, 0.5) is 4.39 Å². The predicted octanol–water partition coefficient (Wildman–Crippen LogP) is 5.74. The van der Waals surface area contributed by atoms with Crippen LogP contribution in [0, 0.1) is 12.7 Å². The van der Waals surface area contributed by atoms with E-state index >= 15 is 0 Å². The van der Waals surface area contributed by atoms with E-state index in [-0.39, 0.29) is 29.1 Å². The highest BCUT2D eigenvalue weighted by atomic mass is 35.5. The molecule has 174 valence electrons. The quantitative estimate of drug-likeness (QED) is 0.499. The van der Waals surface area contributed by atoms with Crippen LogP contribution < -0.4 is 5.32 Å². The number of nitrogens with zero attached hydrogens (tertiary/aromatic N) is 1. The van der Waals surface area contributed by atoms with Crippen LogP contribution in [0.5, 0.6) is 0 Å². The molecule has 2 aromatic rings. The van der Waals surface area contributed by atoms with Crippen LogP contribution in [0.15, 0.2) is 42.5 Å². The van der Waals surface area contributed by atoms with Gasteiger partial charge in [-0.25, -0.2) is 4.39 Å². The van der Waals surface area contributed by atoms with Gasteiger partial charge in [0.05, 0.1) is 5.75 Å². The van der Waals surface area contributed by atoms with Gasteiger partial charge in [-0.3, -0.25) is 9.59 Å². The lowest BCUT2D eigenvalue weighted by Gasteiger charge is -2.33. The second-order valence-electron chi connectivity index (χ2n) is 8.80. The fraction of sp³-hybridized carbons (Fsp3) is 0.440. The van der Waals surface area contributed by atoms with Crippen LogP contribution in [0.3, 0.4) is 0 Å². The largest absolute Gasteiger partial charge is 0.350 e. The maximum absolute atomic E-state index is 14.1. The van der Waals surface area contributed by atoms with E-state index in [0.29, 0.717) is 23.6 Å². The van der Waals surface area contributed by atoms with Gasteiger partial charge in [0, 0.05) is 28.4 Å². The zero-order valence-electron chi connectivity index (χ0n) is 19.4. The molecule has 0 aliphatic heterocycles. The average molecular weight is 479 g/mol. The first kappa shape index (κ1) is 26.2. The maximum Gasteiger partial charge on any atom is 0.243 e. The summed E-state index contributed by atoms with van der Waals surface area (Å²) in [5.41, 5.74) is 2.03. The van der Waals surface area contributed by atoms with Crippen molar-refractivity contribution in [2.24, 2.45) is 0 Å². The van der Waals surface area contributed by atoms with Crippen molar-refractivity contribution in [3.63, 3.8) is 0 Å². The molecule has 0 aliphatic carbocycles. The fourth-order valence-electron chi connectivity index (χ4n) is 3.34. The van der Waals surface area contributed by atoms with E-state index in [9.17, 15) is 14.0 Å². The van der Waals surface area contributed by atoms with E-state index in [1.54, 1.807) is 17.0 Å². The second-order valence-corrected chi connectivity index (χ2v) is 10.2. The summed E-state index contributed by atoms with van der Waals surface area (Å²) in [5.74, 6) is -0.327. The summed E-state index contributed by atoms with van der Waals surface area (Å²) in [4.78, 5) is 27.9. The van der Waals surface area contributed by atoms with Crippen molar-refractivity contribution >= 4 is 35.2 Å². The lowest BCUT2D eigenvalue weighted by Crippen LogP contribution is -2.53. The van der Waals surface area contributed by atoms with Crippen LogP contribution in [0.25, 0.3) is 0 Å². The smallest absolute Gasteiger partial charge is 0.243 e. The predicted molar refractivity (Wildman–Crippen MR) is 131 cm³/mol. The van der Waals surface area contributed by atoms with Crippen molar-refractivity contribution in [1.82, 2.24) is 10.2 Å². The third kappa shape index (κ3) is 7.52. The Balaban J connectivity index is 2.21. The zero-order chi connectivity index (χ0) is 23.9. The average Bonchev–Trinajstić information content (AvgIpc) is 2.70. The minimum absolute atomic E-state index is 0.121. The van der Waals surface area contributed by atoms with Crippen LogP contribution >= 0.6 is 23.4 Å². The molecule has 0 heterocycles. The highest BCUT2D eigenvalue weighted by Crippen LogP contribution is 2.25. The minimum Gasteiger partial charge on any atom is -0.350 e. The van der Waals surface area contributed by atoms with Gasteiger partial charge in [-0.2, -0.15) is 0 Å². The van der Waals surface area contributed by atoms with E-state index in [1.165, 1.54) is 17.8 Å². The first-order valence-corrected chi connectivity index (χ1v) is 12.2. The molecule has 0 saturated carbocycles. The Bertz CT molecular complexity index is 926. The van der Waals surface area contributed by atoms with Crippen LogP contribution in [-0.2, 0) is 21.9 Å². The van der Waals surface area contributed by atoms with Gasteiger partial charge in [0.2, 0.25) is 11.8 Å². The number of rotatable bonds is 9. The number of thioether (sulfide) groups is 1. The van der Waals surface area contributed by atoms with Crippen molar-refractivity contribution in [2.75, 3.05) is 5.75 Å². The first-order valence-electron chi connectivity index (χ1n) is 10.7. The monoisotopic (exact) mass is 478 g/mol. The molecule has 0 aliphatic rings. The summed E-state index contributed by atoms with van der Waals surface area (Å²) >= 11 is 7.40. The summed E-state index contributed by atoms with van der Waals surface area (Å²) in [7, 11) is 0. The highest BCUT2D eigenvalue weighted by molar-refractivity contribution is 7.99. The zero-order valence-corrected chi connectivity index (χ0v) is 20.9. The number of carbonyl (C=O) groups is 2. The summed E-state index contributed by atoms with van der Waals surface area (Å²) in [5, 5.41) is 3.34. The van der Waals surface area contributed by atoms with Crippen molar-refractivity contribution < 1.29 is 14.0 Å². The minimum atomic E-state index is -0.598. The van der Waals surface area contributed by atoms with Gasteiger partial charge in [0.15, 0.2) is 0 Å². The van der Waals surface area contributed by atoms with Gasteiger partial charge in [-0.1, -0.05) is 48.9 Å². The topological polar surface area (TPSA) is 49.4 Å². The molecule has 32 heavy (non-hydrogen) atoms. The summed E-state index contributed by atoms with van der Waals surface area (Å²) in [6.07, 6.45) is 0.489. The Kier molecular flexibility index (Phi) is 9.59. The van der Waals surface area contributed by atoms with Gasteiger partial charge in [0.25, 0.3) is 0 Å². The molecule has 2 aromatic carbocycles. The lowest BCUT2D eigenvalue weighted by atomic mass is 10.0. The van der Waals surface area contributed by atoms with E-state index in [2.05, 4.69) is 5.32 Å². The molecule has 7 heteroatoms. The fourth-order valence-corrected chi connectivity index (χ4v) is 4.59. The molecule has 0 radical (unpaired) electrons. The molecule has 0 bridgehead atoms. The van der Waals surface area contributed by atoms with E-state index in [0.717, 1.165) is 11.1 Å². The van der Waals surface area contributed by atoms with Crippen molar-refractivity contribution in [3.05, 3.63) is 70.0 Å². The van der Waals surface area contributed by atoms with Crippen molar-refractivity contribution in [1.29, 1.82) is 0 Å². The van der Waals surface area contributed by atoms with Gasteiger partial charge in [-0.05, 0) is 57.4 Å². The number of benzene rings is 2. The summed E-state index contributed by atoms with van der Waals surface area (Å²) in [6, 6.07) is 11.8. The van der Waals surface area contributed by atoms with Gasteiger partial charge >= 0.3 is 0 Å². The van der Waals surface area contributed by atoms with Crippen molar-refractivity contribution in [3.8, 4) is 0 Å². The van der Waals surface area contributed by atoms with E-state index in [4.69, 9.17) is 11.6 Å². The Morgan fingerprint density at radius 1 is 1.16 bits per heavy atom. The molecule has 1 unspecified atom stereocenters. The van der Waals surface area contributed by atoms with Crippen LogP contribution in [0.2, 0.25) is 5.02 Å². The number of hydrogen-bond acceptors (Lipinski definition) is 3. The number of halogens is 2. The molecule has 2 rings (SSSR count). The summed E-state index contributed by atoms with van der Waals surface area (Å²) in [6.45, 7) is 9.97. The summed E-state index contributed by atoms with van der Waals surface area (Å²) < 4.78 is 14.1. The number of carbonyl (C=O) groups excluding carboxylic acids is 2. The molecule has 1 N–H and O–H groups in total. The van der Waals surface area contributed by atoms with Gasteiger partial charge in [0.1, 0.15) is 11.9 Å². The van der Waals surface area contributed by atoms with E-state index < -0.39 is 11.6 Å². The van der Waals surface area contributed by atoms with Crippen molar-refractivity contribution in [2.45, 2.75) is 64.9 Å². The molecule has 2 amide bonds. The lowest BCUT2D eigenvalue weighted by molar-refractivity contribution is -0.140. The second kappa shape index (κ2) is 11.7. The van der Waals surface area contributed by atoms with E-state index in [1.807, 2.05) is 58.9 Å². The number of amides is 2. The molecule has 0 fully saturated rings. The van der Waals surface area contributed by atoms with Gasteiger partial charge < -0.3 is 10.2 Å². The third-order valence-electron chi connectivity index (χ3n) is 5.02. The Labute approximate surface area is 199 Å². The molecule has 0 aromatic heterocycles. The Hall–Kier alpha value is -2.05. The Morgan fingerprint density at radius 3 is 2.44 bits per heavy atom.